The molecule has 13 heteroatoms. The third-order valence-corrected chi connectivity index (χ3v) is 9.28. The number of carbonyl (C=O) groups is 3. The fraction of sp³-hybridized carbons (Fsp3) is 0.923. The van der Waals surface area contributed by atoms with Crippen LogP contribution in [0.4, 0.5) is 0 Å². The lowest BCUT2D eigenvalue weighted by Gasteiger charge is -2.24. The predicted octanol–water partition coefficient (Wildman–Crippen LogP) is 9.10. The van der Waals surface area contributed by atoms with Crippen molar-refractivity contribution in [3.8, 4) is 0 Å². The topological polar surface area (TPSA) is 167 Å². The summed E-state index contributed by atoms with van der Waals surface area (Å²) in [4.78, 5) is 66.8. The van der Waals surface area contributed by atoms with Gasteiger partial charge < -0.3 is 30.0 Å². The van der Waals surface area contributed by atoms with Crippen molar-refractivity contribution in [3.05, 3.63) is 0 Å². The largest absolute Gasteiger partial charge is 0.754 e. The van der Waals surface area contributed by atoms with Gasteiger partial charge in [0.1, 0.15) is 6.10 Å². The summed E-state index contributed by atoms with van der Waals surface area (Å²) in [5, 5.41) is 30.0. The molecule has 0 saturated carbocycles. The third-order valence-electron chi connectivity index (χ3n) is 9.28. The van der Waals surface area contributed by atoms with Crippen LogP contribution >= 0.6 is 0 Å². The lowest BCUT2D eigenvalue weighted by atomic mass is 9.92. The maximum absolute atomic E-state index is 13.0. The van der Waals surface area contributed by atoms with Crippen LogP contribution in [-0.2, 0) is 43.5 Å². The smallest absolute Gasteiger partial charge is 0.394 e. The van der Waals surface area contributed by atoms with Crippen LogP contribution in [0.25, 0.3) is 0 Å². The Hall–Kier alpha value is -1.77. The van der Waals surface area contributed by atoms with Crippen molar-refractivity contribution in [2.45, 2.75) is 219 Å². The molecule has 0 aliphatic rings. The second-order valence-electron chi connectivity index (χ2n) is 14.2. The lowest BCUT2D eigenvalue weighted by molar-refractivity contribution is -0.318. The highest BCUT2D eigenvalue weighted by Gasteiger charge is 2.37. The molecular formula is C39H75BO12. The van der Waals surface area contributed by atoms with Crippen molar-refractivity contribution in [2.24, 2.45) is 5.92 Å². The van der Waals surface area contributed by atoms with Crippen molar-refractivity contribution in [2.75, 3.05) is 6.61 Å². The molecule has 306 valence electrons. The molecule has 0 aromatic carbocycles. The number of aliphatic hydroxyl groups is 3. The molecule has 0 spiro atoms. The molecule has 0 aromatic heterocycles. The zero-order chi connectivity index (χ0) is 38.5. The van der Waals surface area contributed by atoms with Crippen LogP contribution in [0.2, 0.25) is 0 Å². The lowest BCUT2D eigenvalue weighted by Crippen LogP contribution is -2.41. The number of hydrogen-bond acceptors (Lipinski definition) is 12. The van der Waals surface area contributed by atoms with Gasteiger partial charge in [0, 0.05) is 12.8 Å². The van der Waals surface area contributed by atoms with Crippen molar-refractivity contribution in [1.82, 2.24) is 0 Å². The quantitative estimate of drug-likeness (QED) is 0.0237. The highest BCUT2D eigenvalue weighted by Crippen LogP contribution is 2.21. The predicted molar refractivity (Wildman–Crippen MR) is 201 cm³/mol. The average molecular weight is 747 g/mol. The van der Waals surface area contributed by atoms with E-state index in [2.05, 4.69) is 20.8 Å². The van der Waals surface area contributed by atoms with E-state index in [1.807, 2.05) is 0 Å². The molecule has 0 aromatic rings. The van der Waals surface area contributed by atoms with Gasteiger partial charge in [-0.2, -0.15) is 14.4 Å². The van der Waals surface area contributed by atoms with Gasteiger partial charge >= 0.3 is 25.2 Å². The van der Waals surface area contributed by atoms with Crippen LogP contribution in [0.3, 0.4) is 0 Å². The normalized spacial score (nSPS) is 13.0. The van der Waals surface area contributed by atoms with E-state index in [0.717, 1.165) is 70.6 Å². The highest BCUT2D eigenvalue weighted by molar-refractivity contribution is 6.35. The Labute approximate surface area is 315 Å². The second kappa shape index (κ2) is 37.5. The van der Waals surface area contributed by atoms with Gasteiger partial charge in [-0.25, -0.2) is 14.4 Å². The van der Waals surface area contributed by atoms with E-state index >= 15 is 0 Å². The monoisotopic (exact) mass is 747 g/mol. The Morgan fingerprint density at radius 2 is 0.808 bits per heavy atom. The zero-order valence-corrected chi connectivity index (χ0v) is 33.0. The number of carbonyl (C=O) groups excluding carboxylic acids is 3. The molecule has 0 heterocycles. The van der Waals surface area contributed by atoms with Crippen LogP contribution in [0.15, 0.2) is 0 Å². The van der Waals surface area contributed by atoms with Crippen LogP contribution in [0.1, 0.15) is 207 Å². The summed E-state index contributed by atoms with van der Waals surface area (Å²) >= 11 is 0. The van der Waals surface area contributed by atoms with Gasteiger partial charge in [-0.15, -0.1) is 0 Å². The number of aliphatic hydroxyl groups excluding tert-OH is 3. The molecule has 0 saturated heterocycles. The van der Waals surface area contributed by atoms with Gasteiger partial charge in [0.05, 0.1) is 18.6 Å². The first-order valence-corrected chi connectivity index (χ1v) is 20.9. The van der Waals surface area contributed by atoms with E-state index in [9.17, 15) is 29.7 Å². The van der Waals surface area contributed by atoms with E-state index in [0.29, 0.717) is 19.3 Å². The van der Waals surface area contributed by atoms with E-state index < -0.39 is 50.0 Å². The van der Waals surface area contributed by atoms with Gasteiger partial charge in [0.15, 0.2) is 0 Å². The van der Waals surface area contributed by atoms with E-state index in [4.69, 9.17) is 29.1 Å². The maximum Gasteiger partial charge on any atom is 0.754 e. The van der Waals surface area contributed by atoms with E-state index in [1.54, 1.807) is 0 Å². The Balaban J connectivity index is 4.97. The summed E-state index contributed by atoms with van der Waals surface area (Å²) in [6.07, 6.45) is 24.5. The Morgan fingerprint density at radius 3 is 1.17 bits per heavy atom. The Bertz CT molecular complexity index is 795. The fourth-order valence-corrected chi connectivity index (χ4v) is 5.93. The Morgan fingerprint density at radius 1 is 0.481 bits per heavy atom. The van der Waals surface area contributed by atoms with E-state index in [-0.39, 0.29) is 19.3 Å². The third kappa shape index (κ3) is 30.7. The summed E-state index contributed by atoms with van der Waals surface area (Å²) < 4.78 is 0. The van der Waals surface area contributed by atoms with Gasteiger partial charge in [0.2, 0.25) is 0 Å². The summed E-state index contributed by atoms with van der Waals surface area (Å²) in [5.41, 5.74) is 0. The molecule has 12 nitrogen and oxygen atoms in total. The first kappa shape index (κ1) is 50.2. The van der Waals surface area contributed by atoms with Gasteiger partial charge in [-0.1, -0.05) is 175 Å². The van der Waals surface area contributed by atoms with Crippen LogP contribution in [0.5, 0.6) is 0 Å². The molecule has 3 atom stereocenters. The zero-order valence-electron chi connectivity index (χ0n) is 33.0. The number of rotatable bonds is 39. The van der Waals surface area contributed by atoms with Crippen molar-refractivity contribution in [1.29, 1.82) is 0 Å². The first-order chi connectivity index (χ1) is 25.3. The molecule has 0 fully saturated rings. The van der Waals surface area contributed by atoms with Crippen molar-refractivity contribution >= 4 is 25.2 Å². The molecule has 0 aliphatic carbocycles. The fourth-order valence-electron chi connectivity index (χ4n) is 5.93. The molecular weight excluding hydrogens is 671 g/mol. The number of hydrogen-bond donors (Lipinski definition) is 3. The van der Waals surface area contributed by atoms with Crippen LogP contribution in [-0.4, -0.2) is 59.4 Å². The minimum atomic E-state index is -2.06. The maximum atomic E-state index is 13.0. The average Bonchev–Trinajstić information content (AvgIpc) is 3.14. The first-order valence-electron chi connectivity index (χ1n) is 20.9. The summed E-state index contributed by atoms with van der Waals surface area (Å²) in [6, 6.07) is 0. The minimum Gasteiger partial charge on any atom is -0.394 e. The molecule has 3 unspecified atom stereocenters. The Kier molecular flexibility index (Phi) is 36.3. The molecule has 52 heavy (non-hydrogen) atoms. The van der Waals surface area contributed by atoms with Crippen molar-refractivity contribution in [3.63, 3.8) is 0 Å². The van der Waals surface area contributed by atoms with E-state index in [1.165, 1.54) is 77.0 Å². The second-order valence-corrected chi connectivity index (χ2v) is 14.2. The van der Waals surface area contributed by atoms with Crippen LogP contribution in [0, 0.1) is 5.92 Å². The van der Waals surface area contributed by atoms with Gasteiger partial charge in [0.25, 0.3) is 0 Å². The number of unbranched alkanes of at least 4 members (excludes halogenated alkanes) is 23. The molecule has 0 radical (unpaired) electrons. The van der Waals surface area contributed by atoms with Gasteiger partial charge in [-0.3, -0.25) is 0 Å². The molecule has 0 amide bonds. The standard InChI is InChI=1S/C39H75BO12/c1-4-7-10-13-16-19-22-25-28-31-36(43)47-50-40(51-48-37(44)32-29-26-23-20-17-14-11-8-5-2)52-49-39(46)34(38(45)35(42)33-41)30-27-24-21-18-15-12-9-6-3/h34-35,38,41-42,45H,4-33H2,1-3H3. The molecule has 0 aliphatic heterocycles. The molecule has 0 rings (SSSR count). The minimum absolute atomic E-state index is 0.0760. The summed E-state index contributed by atoms with van der Waals surface area (Å²) in [6.45, 7) is 5.78. The SMILES string of the molecule is CCCCCCCCCCCC(=O)OOB(OOC(=O)CCCCCCCCCCC)OOC(=O)C(CCCCCCCCCC)C(O)C(O)CO. The molecule has 3 N–H and O–H groups in total. The molecule has 0 bridgehead atoms. The van der Waals surface area contributed by atoms with Crippen molar-refractivity contribution < 1.29 is 58.8 Å². The van der Waals surface area contributed by atoms with Gasteiger partial charge in [-0.05, 0) is 19.3 Å². The highest BCUT2D eigenvalue weighted by atomic mass is 17.3. The summed E-state index contributed by atoms with van der Waals surface area (Å²) in [7, 11) is -2.06. The van der Waals surface area contributed by atoms with Crippen LogP contribution < -0.4 is 0 Å². The summed E-state index contributed by atoms with van der Waals surface area (Å²) in [5.74, 6) is -3.73.